The van der Waals surface area contributed by atoms with Gasteiger partial charge in [0.1, 0.15) is 0 Å². The first-order valence-corrected chi connectivity index (χ1v) is 9.68. The Bertz CT molecular complexity index is 993. The van der Waals surface area contributed by atoms with Crippen LogP contribution in [0.4, 0.5) is 9.93 Å². The first-order chi connectivity index (χ1) is 13.8. The summed E-state index contributed by atoms with van der Waals surface area (Å²) < 4.78 is 0. The summed E-state index contributed by atoms with van der Waals surface area (Å²) in [6.07, 6.45) is 1.70. The number of urea groups is 1. The molecule has 0 spiro atoms. The number of pyridine rings is 1. The average molecular weight is 386 g/mol. The van der Waals surface area contributed by atoms with Gasteiger partial charge in [0.25, 0.3) is 0 Å². The SMILES string of the molecule is O=C(NCc1ccccn1)Nc1nc(-c2ccccc2)c(-c2ccccc2)s1. The van der Waals surface area contributed by atoms with Gasteiger partial charge in [0, 0.05) is 11.8 Å². The Morgan fingerprint density at radius 3 is 2.21 bits per heavy atom. The first kappa shape index (κ1) is 17.9. The van der Waals surface area contributed by atoms with E-state index in [2.05, 4.69) is 20.6 Å². The van der Waals surface area contributed by atoms with Gasteiger partial charge in [-0.05, 0) is 17.7 Å². The molecule has 6 heteroatoms. The smallest absolute Gasteiger partial charge is 0.321 e. The van der Waals surface area contributed by atoms with Crippen LogP contribution in [0.1, 0.15) is 5.69 Å². The predicted molar refractivity (Wildman–Crippen MR) is 113 cm³/mol. The highest BCUT2D eigenvalue weighted by atomic mass is 32.1. The molecule has 0 atom stereocenters. The van der Waals surface area contributed by atoms with Gasteiger partial charge >= 0.3 is 6.03 Å². The molecule has 5 nitrogen and oxygen atoms in total. The summed E-state index contributed by atoms with van der Waals surface area (Å²) in [5.74, 6) is 0. The molecular formula is C22H18N4OS. The molecule has 0 saturated heterocycles. The van der Waals surface area contributed by atoms with E-state index in [4.69, 9.17) is 0 Å². The Morgan fingerprint density at radius 1 is 0.857 bits per heavy atom. The minimum absolute atomic E-state index is 0.307. The lowest BCUT2D eigenvalue weighted by molar-refractivity contribution is 0.251. The van der Waals surface area contributed by atoms with Crippen molar-refractivity contribution < 1.29 is 4.79 Å². The highest BCUT2D eigenvalue weighted by Crippen LogP contribution is 2.38. The second-order valence-electron chi connectivity index (χ2n) is 6.06. The number of aromatic nitrogens is 2. The highest BCUT2D eigenvalue weighted by Gasteiger charge is 2.16. The third-order valence-electron chi connectivity index (χ3n) is 4.09. The predicted octanol–water partition coefficient (Wildman–Crippen LogP) is 5.19. The third-order valence-corrected chi connectivity index (χ3v) is 5.11. The van der Waals surface area contributed by atoms with Crippen molar-refractivity contribution in [3.05, 3.63) is 90.8 Å². The molecule has 2 amide bonds. The Hall–Kier alpha value is -3.51. The van der Waals surface area contributed by atoms with Gasteiger partial charge in [0.2, 0.25) is 0 Å². The molecule has 0 unspecified atom stereocenters. The van der Waals surface area contributed by atoms with Gasteiger partial charge in [-0.25, -0.2) is 9.78 Å². The number of nitrogens with one attached hydrogen (secondary N) is 2. The lowest BCUT2D eigenvalue weighted by atomic mass is 10.1. The van der Waals surface area contributed by atoms with E-state index in [9.17, 15) is 4.79 Å². The standard InChI is InChI=1S/C22H18N4OS/c27-21(24-15-18-13-7-8-14-23-18)26-22-25-19(16-9-3-1-4-10-16)20(28-22)17-11-5-2-6-12-17/h1-14H,15H2,(H2,24,25,26,27). The Balaban J connectivity index is 1.56. The van der Waals surface area contributed by atoms with E-state index in [1.165, 1.54) is 11.3 Å². The molecule has 2 heterocycles. The van der Waals surface area contributed by atoms with E-state index in [1.54, 1.807) is 6.20 Å². The van der Waals surface area contributed by atoms with Gasteiger partial charge in [-0.2, -0.15) is 0 Å². The van der Waals surface area contributed by atoms with Crippen LogP contribution >= 0.6 is 11.3 Å². The maximum atomic E-state index is 12.3. The maximum absolute atomic E-state index is 12.3. The monoisotopic (exact) mass is 386 g/mol. The van der Waals surface area contributed by atoms with Crippen molar-refractivity contribution in [2.45, 2.75) is 6.54 Å². The summed E-state index contributed by atoms with van der Waals surface area (Å²) in [7, 11) is 0. The molecule has 0 fully saturated rings. The number of amides is 2. The molecule has 28 heavy (non-hydrogen) atoms. The zero-order valence-electron chi connectivity index (χ0n) is 15.0. The largest absolute Gasteiger partial charge is 0.332 e. The number of nitrogens with zero attached hydrogens (tertiary/aromatic N) is 2. The van der Waals surface area contributed by atoms with Crippen LogP contribution in [0.25, 0.3) is 21.7 Å². The maximum Gasteiger partial charge on any atom is 0.321 e. The fraction of sp³-hybridized carbons (Fsp3) is 0.0455. The second-order valence-corrected chi connectivity index (χ2v) is 7.06. The van der Waals surface area contributed by atoms with E-state index in [0.717, 1.165) is 27.4 Å². The molecular weight excluding hydrogens is 368 g/mol. The normalized spacial score (nSPS) is 10.4. The molecule has 2 N–H and O–H groups in total. The molecule has 138 valence electrons. The van der Waals surface area contributed by atoms with Crippen LogP contribution in [-0.2, 0) is 6.54 Å². The van der Waals surface area contributed by atoms with E-state index in [0.29, 0.717) is 11.7 Å². The van der Waals surface area contributed by atoms with E-state index < -0.39 is 0 Å². The fourth-order valence-electron chi connectivity index (χ4n) is 2.77. The molecule has 0 aliphatic heterocycles. The Kier molecular flexibility index (Phi) is 5.40. The quantitative estimate of drug-likeness (QED) is 0.496. The van der Waals surface area contributed by atoms with Crippen molar-refractivity contribution in [1.29, 1.82) is 0 Å². The number of rotatable bonds is 5. The zero-order valence-corrected chi connectivity index (χ0v) is 15.8. The van der Waals surface area contributed by atoms with Crippen LogP contribution in [0.3, 0.4) is 0 Å². The minimum Gasteiger partial charge on any atom is -0.332 e. The molecule has 0 radical (unpaired) electrons. The third kappa shape index (κ3) is 4.24. The lowest BCUT2D eigenvalue weighted by Crippen LogP contribution is -2.28. The highest BCUT2D eigenvalue weighted by molar-refractivity contribution is 7.19. The van der Waals surface area contributed by atoms with Crippen LogP contribution in [0, 0.1) is 0 Å². The van der Waals surface area contributed by atoms with Crippen molar-refractivity contribution in [3.63, 3.8) is 0 Å². The molecule has 0 aliphatic rings. The summed E-state index contributed by atoms with van der Waals surface area (Å²) in [4.78, 5) is 22.2. The molecule has 0 bridgehead atoms. The summed E-state index contributed by atoms with van der Waals surface area (Å²) in [6, 6.07) is 25.3. The summed E-state index contributed by atoms with van der Waals surface area (Å²) in [5.41, 5.74) is 3.74. The number of hydrogen-bond acceptors (Lipinski definition) is 4. The van der Waals surface area contributed by atoms with Gasteiger partial charge in [-0.3, -0.25) is 10.3 Å². The zero-order chi connectivity index (χ0) is 19.2. The number of carbonyl (C=O) groups excluding carboxylic acids is 1. The summed E-state index contributed by atoms with van der Waals surface area (Å²) in [6.45, 7) is 0.356. The number of carbonyl (C=O) groups is 1. The van der Waals surface area contributed by atoms with E-state index in [1.807, 2.05) is 78.9 Å². The van der Waals surface area contributed by atoms with E-state index >= 15 is 0 Å². The van der Waals surface area contributed by atoms with Crippen molar-refractivity contribution in [2.75, 3.05) is 5.32 Å². The molecule has 4 aromatic rings. The molecule has 2 aromatic carbocycles. The average Bonchev–Trinajstić information content (AvgIpc) is 3.18. The number of thiazole rings is 1. The Morgan fingerprint density at radius 2 is 1.54 bits per heavy atom. The number of benzene rings is 2. The topological polar surface area (TPSA) is 66.9 Å². The number of hydrogen-bond donors (Lipinski definition) is 2. The lowest BCUT2D eigenvalue weighted by Gasteiger charge is -2.04. The molecule has 4 rings (SSSR count). The van der Waals surface area contributed by atoms with Gasteiger partial charge in [-0.15, -0.1) is 0 Å². The first-order valence-electron chi connectivity index (χ1n) is 8.86. The van der Waals surface area contributed by atoms with Crippen molar-refractivity contribution >= 4 is 22.5 Å². The fourth-order valence-corrected chi connectivity index (χ4v) is 3.75. The van der Waals surface area contributed by atoms with Crippen molar-refractivity contribution in [1.82, 2.24) is 15.3 Å². The molecule has 0 saturated carbocycles. The van der Waals surface area contributed by atoms with Crippen LogP contribution in [0.5, 0.6) is 0 Å². The van der Waals surface area contributed by atoms with Crippen LogP contribution in [-0.4, -0.2) is 16.0 Å². The van der Waals surface area contributed by atoms with Gasteiger partial charge in [0.05, 0.1) is 22.8 Å². The Labute approximate surface area is 167 Å². The molecule has 0 aliphatic carbocycles. The molecule has 2 aromatic heterocycles. The van der Waals surface area contributed by atoms with Crippen LogP contribution < -0.4 is 10.6 Å². The van der Waals surface area contributed by atoms with Crippen molar-refractivity contribution in [3.8, 4) is 21.7 Å². The van der Waals surface area contributed by atoms with E-state index in [-0.39, 0.29) is 6.03 Å². The van der Waals surface area contributed by atoms with Crippen LogP contribution in [0.15, 0.2) is 85.1 Å². The van der Waals surface area contributed by atoms with Gasteiger partial charge in [0.15, 0.2) is 5.13 Å². The minimum atomic E-state index is -0.307. The van der Waals surface area contributed by atoms with Gasteiger partial charge in [-0.1, -0.05) is 78.1 Å². The summed E-state index contributed by atoms with van der Waals surface area (Å²) >= 11 is 1.46. The number of anilines is 1. The van der Waals surface area contributed by atoms with Crippen molar-refractivity contribution in [2.24, 2.45) is 0 Å². The second kappa shape index (κ2) is 8.45. The van der Waals surface area contributed by atoms with Gasteiger partial charge < -0.3 is 5.32 Å². The van der Waals surface area contributed by atoms with Crippen LogP contribution in [0.2, 0.25) is 0 Å². The summed E-state index contributed by atoms with van der Waals surface area (Å²) in [5, 5.41) is 6.20.